The maximum absolute atomic E-state index is 10.9. The third kappa shape index (κ3) is 2.57. The molecule has 0 unspecified atom stereocenters. The highest BCUT2D eigenvalue weighted by Gasteiger charge is 2.26. The van der Waals surface area contributed by atoms with E-state index < -0.39 is 22.3 Å². The molecule has 0 atom stereocenters. The molecule has 0 spiro atoms. The SMILES string of the molecule is COc1ccc(C=O)c(OC(C)=O)c1[N+](=O)[O-]. The van der Waals surface area contributed by atoms with Crippen LogP contribution < -0.4 is 9.47 Å². The van der Waals surface area contributed by atoms with E-state index in [1.165, 1.54) is 19.2 Å². The van der Waals surface area contributed by atoms with Gasteiger partial charge < -0.3 is 9.47 Å². The number of ether oxygens (including phenoxy) is 2. The summed E-state index contributed by atoms with van der Waals surface area (Å²) >= 11 is 0. The molecule has 7 heteroatoms. The minimum atomic E-state index is -0.774. The van der Waals surface area contributed by atoms with Crippen molar-refractivity contribution in [2.75, 3.05) is 7.11 Å². The molecule has 0 saturated heterocycles. The number of nitrogens with zero attached hydrogens (tertiary/aromatic N) is 1. The first-order chi connectivity index (χ1) is 8.01. The van der Waals surface area contributed by atoms with E-state index in [4.69, 9.17) is 4.74 Å². The summed E-state index contributed by atoms with van der Waals surface area (Å²) in [4.78, 5) is 31.7. The normalized spacial score (nSPS) is 9.53. The van der Waals surface area contributed by atoms with Gasteiger partial charge in [-0.2, -0.15) is 0 Å². The van der Waals surface area contributed by atoms with E-state index in [9.17, 15) is 19.7 Å². The fourth-order valence-electron chi connectivity index (χ4n) is 1.25. The number of carbonyl (C=O) groups excluding carboxylic acids is 2. The molecule has 7 nitrogen and oxygen atoms in total. The van der Waals surface area contributed by atoms with Gasteiger partial charge in [-0.3, -0.25) is 19.7 Å². The van der Waals surface area contributed by atoms with Crippen LogP contribution in [0.3, 0.4) is 0 Å². The fraction of sp³-hybridized carbons (Fsp3) is 0.200. The van der Waals surface area contributed by atoms with E-state index in [-0.39, 0.29) is 11.3 Å². The van der Waals surface area contributed by atoms with Crippen molar-refractivity contribution < 1.29 is 24.0 Å². The number of rotatable bonds is 4. The van der Waals surface area contributed by atoms with Gasteiger partial charge in [-0.05, 0) is 12.1 Å². The van der Waals surface area contributed by atoms with Gasteiger partial charge in [0.1, 0.15) is 0 Å². The van der Waals surface area contributed by atoms with Crippen LogP contribution >= 0.6 is 0 Å². The number of nitro benzene ring substituents is 1. The number of methoxy groups -OCH3 is 1. The smallest absolute Gasteiger partial charge is 0.353 e. The highest BCUT2D eigenvalue weighted by Crippen LogP contribution is 2.38. The van der Waals surface area contributed by atoms with Crippen LogP contribution in [0, 0.1) is 10.1 Å². The molecule has 1 aromatic rings. The Labute approximate surface area is 96.1 Å². The Hall–Kier alpha value is -2.44. The largest absolute Gasteiger partial charge is 0.490 e. The number of aldehydes is 1. The molecule has 17 heavy (non-hydrogen) atoms. The zero-order valence-corrected chi connectivity index (χ0v) is 9.13. The Bertz CT molecular complexity index is 482. The number of hydrogen-bond acceptors (Lipinski definition) is 6. The second kappa shape index (κ2) is 5.06. The van der Waals surface area contributed by atoms with Crippen molar-refractivity contribution in [3.8, 4) is 11.5 Å². The molecule has 0 amide bonds. The van der Waals surface area contributed by atoms with Crippen LogP contribution in [0.25, 0.3) is 0 Å². The monoisotopic (exact) mass is 239 g/mol. The lowest BCUT2D eigenvalue weighted by Gasteiger charge is -2.08. The standard InChI is InChI=1S/C10H9NO6/c1-6(13)17-10-7(5-12)3-4-8(16-2)9(10)11(14)15/h3-5H,1-2H3. The number of esters is 1. The molecule has 0 N–H and O–H groups in total. The summed E-state index contributed by atoms with van der Waals surface area (Å²) in [6.45, 7) is 1.08. The topological polar surface area (TPSA) is 95.7 Å². The van der Waals surface area contributed by atoms with Crippen molar-refractivity contribution in [1.29, 1.82) is 0 Å². The van der Waals surface area contributed by atoms with Crippen LogP contribution in [0.4, 0.5) is 5.69 Å². The first-order valence-corrected chi connectivity index (χ1v) is 4.50. The van der Waals surface area contributed by atoms with Crippen molar-refractivity contribution in [2.45, 2.75) is 6.92 Å². The molecule has 0 aliphatic heterocycles. The van der Waals surface area contributed by atoms with Gasteiger partial charge in [0.25, 0.3) is 0 Å². The van der Waals surface area contributed by atoms with Gasteiger partial charge in [0.2, 0.25) is 11.5 Å². The van der Waals surface area contributed by atoms with E-state index in [2.05, 4.69) is 4.74 Å². The number of benzene rings is 1. The molecule has 0 bridgehead atoms. The van der Waals surface area contributed by atoms with Gasteiger partial charge in [-0.25, -0.2) is 0 Å². The molecule has 0 saturated carbocycles. The first kappa shape index (κ1) is 12.6. The van der Waals surface area contributed by atoms with E-state index in [1.54, 1.807) is 0 Å². The minimum Gasteiger partial charge on any atom is -0.490 e. The Morgan fingerprint density at radius 3 is 2.53 bits per heavy atom. The van der Waals surface area contributed by atoms with Gasteiger partial charge in [-0.1, -0.05) is 0 Å². The van der Waals surface area contributed by atoms with Crippen LogP contribution in [-0.2, 0) is 4.79 Å². The van der Waals surface area contributed by atoms with Crippen LogP contribution in [0.5, 0.6) is 11.5 Å². The quantitative estimate of drug-likeness (QED) is 0.258. The summed E-state index contributed by atoms with van der Waals surface area (Å²) < 4.78 is 9.46. The number of nitro groups is 1. The Morgan fingerprint density at radius 1 is 1.47 bits per heavy atom. The molecule has 90 valence electrons. The summed E-state index contributed by atoms with van der Waals surface area (Å²) in [5.74, 6) is -1.25. The van der Waals surface area contributed by atoms with Crippen molar-refractivity contribution in [3.63, 3.8) is 0 Å². The maximum atomic E-state index is 10.9. The zero-order valence-electron chi connectivity index (χ0n) is 9.13. The van der Waals surface area contributed by atoms with Crippen molar-refractivity contribution >= 4 is 17.9 Å². The van der Waals surface area contributed by atoms with E-state index in [0.29, 0.717) is 6.29 Å². The van der Waals surface area contributed by atoms with Crippen molar-refractivity contribution in [2.24, 2.45) is 0 Å². The number of carbonyl (C=O) groups is 2. The van der Waals surface area contributed by atoms with Gasteiger partial charge in [0.15, 0.2) is 6.29 Å². The van der Waals surface area contributed by atoms with Gasteiger partial charge >= 0.3 is 11.7 Å². The van der Waals surface area contributed by atoms with E-state index >= 15 is 0 Å². The van der Waals surface area contributed by atoms with Crippen LogP contribution in [0.1, 0.15) is 17.3 Å². The van der Waals surface area contributed by atoms with E-state index in [0.717, 1.165) is 6.92 Å². The van der Waals surface area contributed by atoms with Gasteiger partial charge in [0.05, 0.1) is 17.6 Å². The zero-order chi connectivity index (χ0) is 13.0. The Balaban J connectivity index is 3.51. The lowest BCUT2D eigenvalue weighted by molar-refractivity contribution is -0.386. The second-order valence-corrected chi connectivity index (χ2v) is 3.00. The van der Waals surface area contributed by atoms with Crippen LogP contribution in [0.15, 0.2) is 12.1 Å². The lowest BCUT2D eigenvalue weighted by atomic mass is 10.1. The van der Waals surface area contributed by atoms with Crippen LogP contribution in [-0.4, -0.2) is 24.3 Å². The molecule has 0 aliphatic rings. The minimum absolute atomic E-state index is 0.0862. The fourth-order valence-corrected chi connectivity index (χ4v) is 1.25. The van der Waals surface area contributed by atoms with Gasteiger partial charge in [-0.15, -0.1) is 0 Å². The molecule has 0 heterocycles. The third-order valence-electron chi connectivity index (χ3n) is 1.90. The molecular weight excluding hydrogens is 230 g/mol. The highest BCUT2D eigenvalue weighted by molar-refractivity contribution is 5.86. The predicted molar refractivity (Wildman–Crippen MR) is 56.3 cm³/mol. The average Bonchev–Trinajstić information content (AvgIpc) is 2.27. The summed E-state index contributed by atoms with van der Waals surface area (Å²) in [7, 11) is 1.24. The summed E-state index contributed by atoms with van der Waals surface area (Å²) in [5.41, 5.74) is -0.639. The van der Waals surface area contributed by atoms with Gasteiger partial charge in [0, 0.05) is 6.92 Å². The molecule has 0 aliphatic carbocycles. The molecule has 1 rings (SSSR count). The summed E-state index contributed by atoms with van der Waals surface area (Å²) in [6, 6.07) is 2.53. The Morgan fingerprint density at radius 2 is 2.12 bits per heavy atom. The van der Waals surface area contributed by atoms with Crippen LogP contribution in [0.2, 0.25) is 0 Å². The summed E-state index contributed by atoms with van der Waals surface area (Å²) in [5, 5.41) is 10.9. The lowest BCUT2D eigenvalue weighted by Crippen LogP contribution is -2.07. The maximum Gasteiger partial charge on any atom is 0.353 e. The average molecular weight is 239 g/mol. The molecule has 0 radical (unpaired) electrons. The third-order valence-corrected chi connectivity index (χ3v) is 1.90. The van der Waals surface area contributed by atoms with E-state index in [1.807, 2.05) is 0 Å². The second-order valence-electron chi connectivity index (χ2n) is 3.00. The molecule has 1 aromatic carbocycles. The summed E-state index contributed by atoms with van der Waals surface area (Å²) in [6.07, 6.45) is 0.366. The first-order valence-electron chi connectivity index (χ1n) is 4.50. The Kier molecular flexibility index (Phi) is 3.76. The highest BCUT2D eigenvalue weighted by atomic mass is 16.6. The van der Waals surface area contributed by atoms with Crippen molar-refractivity contribution in [3.05, 3.63) is 27.8 Å². The molecule has 0 aromatic heterocycles. The molecular formula is C10H9NO6. The predicted octanol–water partition coefficient (Wildman–Crippen LogP) is 1.34. The number of hydrogen-bond donors (Lipinski definition) is 0. The van der Waals surface area contributed by atoms with Crippen molar-refractivity contribution in [1.82, 2.24) is 0 Å². The molecule has 0 fully saturated rings.